The Morgan fingerprint density at radius 3 is 0.710 bits per heavy atom. The van der Waals surface area contributed by atoms with E-state index in [9.17, 15) is 43.2 Å². The zero-order valence-electron chi connectivity index (χ0n) is 65.8. The van der Waals surface area contributed by atoms with Crippen LogP contribution in [-0.4, -0.2) is 96.7 Å². The van der Waals surface area contributed by atoms with Crippen LogP contribution in [0.25, 0.3) is 0 Å². The van der Waals surface area contributed by atoms with Crippen molar-refractivity contribution in [3.8, 4) is 0 Å². The first-order chi connectivity index (χ1) is 48.2. The van der Waals surface area contributed by atoms with E-state index in [2.05, 4.69) is 55.4 Å². The van der Waals surface area contributed by atoms with Gasteiger partial charge in [-0.1, -0.05) is 364 Å². The van der Waals surface area contributed by atoms with Crippen molar-refractivity contribution in [3.63, 3.8) is 0 Å². The van der Waals surface area contributed by atoms with Crippen LogP contribution in [0.1, 0.15) is 415 Å². The van der Waals surface area contributed by atoms with Crippen LogP contribution in [0.15, 0.2) is 0 Å². The van der Waals surface area contributed by atoms with E-state index in [1.807, 2.05) is 0 Å². The van der Waals surface area contributed by atoms with E-state index >= 15 is 0 Å². The van der Waals surface area contributed by atoms with Gasteiger partial charge in [0.05, 0.1) is 26.4 Å². The summed E-state index contributed by atoms with van der Waals surface area (Å²) in [6, 6.07) is 0. The van der Waals surface area contributed by atoms with Crippen molar-refractivity contribution in [2.24, 2.45) is 23.7 Å². The van der Waals surface area contributed by atoms with Crippen molar-refractivity contribution in [2.45, 2.75) is 433 Å². The van der Waals surface area contributed by atoms with Crippen molar-refractivity contribution in [2.75, 3.05) is 39.6 Å². The highest BCUT2D eigenvalue weighted by atomic mass is 31.2. The number of esters is 4. The smallest absolute Gasteiger partial charge is 0.462 e. The van der Waals surface area contributed by atoms with Crippen LogP contribution in [-0.2, 0) is 65.4 Å². The first kappa shape index (κ1) is 98.1. The Balaban J connectivity index is 5.19. The lowest BCUT2D eigenvalue weighted by atomic mass is 9.99. The molecule has 0 spiro atoms. The molecule has 0 saturated heterocycles. The number of rotatable bonds is 78. The fourth-order valence-electron chi connectivity index (χ4n) is 12.4. The van der Waals surface area contributed by atoms with Gasteiger partial charge in [0, 0.05) is 25.7 Å². The van der Waals surface area contributed by atoms with Crippen molar-refractivity contribution in [1.29, 1.82) is 0 Å². The van der Waals surface area contributed by atoms with Gasteiger partial charge < -0.3 is 33.8 Å². The largest absolute Gasteiger partial charge is 0.472 e. The third-order valence-corrected chi connectivity index (χ3v) is 21.4. The van der Waals surface area contributed by atoms with Gasteiger partial charge in [-0.25, -0.2) is 9.13 Å². The zero-order chi connectivity index (χ0) is 73.8. The third kappa shape index (κ3) is 71.7. The molecule has 17 nitrogen and oxygen atoms in total. The molecule has 100 heavy (non-hydrogen) atoms. The van der Waals surface area contributed by atoms with Gasteiger partial charge in [0.15, 0.2) is 12.2 Å². The lowest BCUT2D eigenvalue weighted by Crippen LogP contribution is -2.30. The number of ether oxygens (including phenoxy) is 4. The van der Waals surface area contributed by atoms with E-state index < -0.39 is 97.5 Å². The summed E-state index contributed by atoms with van der Waals surface area (Å²) in [6.45, 7) is 14.2. The highest BCUT2D eigenvalue weighted by Crippen LogP contribution is 2.45. The maximum absolute atomic E-state index is 13.1. The van der Waals surface area contributed by atoms with Crippen molar-refractivity contribution in [3.05, 3.63) is 0 Å². The van der Waals surface area contributed by atoms with Gasteiger partial charge in [0.2, 0.25) is 0 Å². The molecule has 4 unspecified atom stereocenters. The average molecular weight is 1470 g/mol. The summed E-state index contributed by atoms with van der Waals surface area (Å²) in [5.74, 6) is 1.01. The van der Waals surface area contributed by atoms with Crippen LogP contribution in [0.3, 0.4) is 0 Å². The van der Waals surface area contributed by atoms with Crippen LogP contribution in [0, 0.1) is 23.7 Å². The summed E-state index contributed by atoms with van der Waals surface area (Å²) in [7, 11) is -9.92. The van der Waals surface area contributed by atoms with Gasteiger partial charge >= 0.3 is 39.5 Å². The molecular weight excluding hydrogens is 1310 g/mol. The Morgan fingerprint density at radius 1 is 0.280 bits per heavy atom. The van der Waals surface area contributed by atoms with Gasteiger partial charge in [0.25, 0.3) is 0 Å². The molecule has 0 bridgehead atoms. The van der Waals surface area contributed by atoms with Gasteiger partial charge in [-0.05, 0) is 49.4 Å². The standard InChI is InChI=1S/C81H158O17P2/c1-9-73(7)59-51-43-34-28-24-20-17-18-22-26-30-38-48-56-64-81(86)98-77(68-92-79(84)62-54-46-40-39-42-50-58-72(5)6)70-96-100(89,90)94-66-75(82)65-93-99(87,88)95-69-76(67-91-78(83)61-53-45-36-32-31-35-44-52-60-74(8)10-2)97-80(85)63-55-47-37-29-25-21-16-14-12-11-13-15-19-23-27-33-41-49-57-71(3)4/h71-77,82H,9-70H2,1-8H3,(H,87,88)(H,89,90)/t73?,74?,75-,76-,77-/m1/s1. The summed E-state index contributed by atoms with van der Waals surface area (Å²) in [5.41, 5.74) is 0. The Morgan fingerprint density at radius 2 is 0.480 bits per heavy atom. The first-order valence-corrected chi connectivity index (χ1v) is 44.8. The summed E-state index contributed by atoms with van der Waals surface area (Å²) in [5, 5.41) is 10.6. The highest BCUT2D eigenvalue weighted by Gasteiger charge is 2.30. The number of carbonyl (C=O) groups excluding carboxylic acids is 4. The van der Waals surface area contributed by atoms with Gasteiger partial charge in [0.1, 0.15) is 19.3 Å². The molecule has 0 amide bonds. The number of phosphoric ester groups is 2. The Kier molecular flexibility index (Phi) is 68.7. The van der Waals surface area contributed by atoms with E-state index in [0.29, 0.717) is 31.6 Å². The Hall–Kier alpha value is -1.94. The minimum atomic E-state index is -4.96. The fourth-order valence-corrected chi connectivity index (χ4v) is 13.9. The quantitative estimate of drug-likeness (QED) is 0.0222. The second-order valence-corrected chi connectivity index (χ2v) is 33.5. The summed E-state index contributed by atoms with van der Waals surface area (Å²) < 4.78 is 68.7. The van der Waals surface area contributed by atoms with Gasteiger partial charge in [-0.3, -0.25) is 37.3 Å². The average Bonchev–Trinajstić information content (AvgIpc) is 0.911. The molecule has 0 rings (SSSR count). The number of hydrogen-bond donors (Lipinski definition) is 3. The zero-order valence-corrected chi connectivity index (χ0v) is 67.6. The molecule has 7 atom stereocenters. The number of aliphatic hydroxyl groups is 1. The van der Waals surface area contributed by atoms with Crippen molar-refractivity contribution >= 4 is 39.5 Å². The fraction of sp³-hybridized carbons (Fsp3) is 0.951. The molecule has 0 aromatic rings. The van der Waals surface area contributed by atoms with Crippen LogP contribution in [0.2, 0.25) is 0 Å². The van der Waals surface area contributed by atoms with Gasteiger partial charge in [-0.15, -0.1) is 0 Å². The molecule has 0 heterocycles. The van der Waals surface area contributed by atoms with Crippen LogP contribution < -0.4 is 0 Å². The number of hydrogen-bond acceptors (Lipinski definition) is 15. The Bertz CT molecular complexity index is 1960. The van der Waals surface area contributed by atoms with E-state index in [1.165, 1.54) is 212 Å². The monoisotopic (exact) mass is 1470 g/mol. The minimum absolute atomic E-state index is 0.106. The second-order valence-electron chi connectivity index (χ2n) is 30.6. The van der Waals surface area contributed by atoms with E-state index in [4.69, 9.17) is 37.0 Å². The minimum Gasteiger partial charge on any atom is -0.462 e. The van der Waals surface area contributed by atoms with Gasteiger partial charge in [-0.2, -0.15) is 0 Å². The van der Waals surface area contributed by atoms with Crippen LogP contribution in [0.5, 0.6) is 0 Å². The first-order valence-electron chi connectivity index (χ1n) is 41.8. The third-order valence-electron chi connectivity index (χ3n) is 19.5. The SMILES string of the molecule is CCC(C)CCCCCCCCCCCCCCCCC(=O)O[C@H](COC(=O)CCCCCCCCC(C)C)COP(=O)(O)OC[C@H](O)COP(=O)(O)OC[C@@H](COC(=O)CCCCCCCCCCC(C)CC)OC(=O)CCCCCCCCCCCCCCCCCCCCC(C)C. The predicted octanol–water partition coefficient (Wildman–Crippen LogP) is 24.0. The topological polar surface area (TPSA) is 237 Å². The molecule has 0 aromatic heterocycles. The molecule has 0 radical (unpaired) electrons. The van der Waals surface area contributed by atoms with E-state index in [0.717, 1.165) is 114 Å². The maximum atomic E-state index is 13.1. The summed E-state index contributed by atoms with van der Waals surface area (Å²) in [4.78, 5) is 73.0. The molecule has 3 N–H and O–H groups in total. The number of phosphoric acid groups is 2. The van der Waals surface area contributed by atoms with E-state index in [1.54, 1.807) is 0 Å². The van der Waals surface area contributed by atoms with Crippen molar-refractivity contribution in [1.82, 2.24) is 0 Å². The Labute approximate surface area is 613 Å². The molecular formula is C81H158O17P2. The molecule has 0 aliphatic carbocycles. The molecule has 0 saturated carbocycles. The van der Waals surface area contributed by atoms with Crippen LogP contribution >= 0.6 is 15.6 Å². The lowest BCUT2D eigenvalue weighted by Gasteiger charge is -2.21. The second kappa shape index (κ2) is 70.1. The molecule has 0 aliphatic rings. The number of aliphatic hydroxyl groups excluding tert-OH is 1. The van der Waals surface area contributed by atoms with Crippen LogP contribution in [0.4, 0.5) is 0 Å². The van der Waals surface area contributed by atoms with Crippen molar-refractivity contribution < 1.29 is 80.2 Å². The molecule has 0 fully saturated rings. The maximum Gasteiger partial charge on any atom is 0.472 e. The van der Waals surface area contributed by atoms with E-state index in [-0.39, 0.29) is 25.7 Å². The normalized spacial score (nSPS) is 14.6. The molecule has 594 valence electrons. The number of carbonyl (C=O) groups is 4. The summed E-state index contributed by atoms with van der Waals surface area (Å²) >= 11 is 0. The lowest BCUT2D eigenvalue weighted by molar-refractivity contribution is -0.161. The molecule has 19 heteroatoms. The summed E-state index contributed by atoms with van der Waals surface area (Å²) in [6.07, 6.45) is 57.0. The molecule has 0 aromatic carbocycles. The predicted molar refractivity (Wildman–Crippen MR) is 409 cm³/mol. The molecule has 0 aliphatic heterocycles. The highest BCUT2D eigenvalue weighted by molar-refractivity contribution is 7.47. The number of unbranched alkanes of at least 4 members (excludes halogenated alkanes) is 42.